The van der Waals surface area contributed by atoms with Gasteiger partial charge in [0.2, 0.25) is 0 Å². The molecule has 1 aliphatic carbocycles. The molecule has 0 spiro atoms. The van der Waals surface area contributed by atoms with E-state index in [9.17, 15) is 4.79 Å². The van der Waals surface area contributed by atoms with Crippen molar-refractivity contribution in [2.75, 3.05) is 5.32 Å². The molecular formula is C19H18N4OS. The second-order valence-electron chi connectivity index (χ2n) is 6.18. The minimum Gasteiger partial charge on any atom is -0.296 e. The van der Waals surface area contributed by atoms with Crippen molar-refractivity contribution in [1.82, 2.24) is 15.0 Å². The van der Waals surface area contributed by atoms with Crippen LogP contribution in [0.25, 0.3) is 0 Å². The Kier molecular flexibility index (Phi) is 4.28. The molecule has 126 valence electrons. The highest BCUT2D eigenvalue weighted by molar-refractivity contribution is 7.15. The van der Waals surface area contributed by atoms with E-state index in [1.165, 1.54) is 10.4 Å². The van der Waals surface area contributed by atoms with E-state index in [1.54, 1.807) is 30.5 Å². The van der Waals surface area contributed by atoms with E-state index in [4.69, 9.17) is 0 Å². The van der Waals surface area contributed by atoms with Crippen LogP contribution in [0.5, 0.6) is 0 Å². The van der Waals surface area contributed by atoms with Gasteiger partial charge in [0.05, 0.1) is 5.69 Å². The van der Waals surface area contributed by atoms with Gasteiger partial charge in [-0.1, -0.05) is 30.3 Å². The lowest BCUT2D eigenvalue weighted by Crippen LogP contribution is -2.14. The largest absolute Gasteiger partial charge is 0.296 e. The molecule has 3 aromatic rings. The van der Waals surface area contributed by atoms with Crippen molar-refractivity contribution in [3.8, 4) is 0 Å². The lowest BCUT2D eigenvalue weighted by molar-refractivity contribution is 0.102. The lowest BCUT2D eigenvalue weighted by atomic mass is 9.85. The zero-order valence-corrected chi connectivity index (χ0v) is 14.7. The SMILES string of the molecule is Cc1nccc(C(=O)Nc2nc3c(s2)C[C@H](c2ccccc2)CC3)n1. The van der Waals surface area contributed by atoms with Crippen molar-refractivity contribution in [2.24, 2.45) is 0 Å². The first-order chi connectivity index (χ1) is 12.2. The Balaban J connectivity index is 1.50. The molecule has 0 saturated heterocycles. The number of thiazole rings is 1. The molecule has 1 atom stereocenters. The zero-order valence-electron chi connectivity index (χ0n) is 13.9. The fourth-order valence-corrected chi connectivity index (χ4v) is 4.26. The third-order valence-electron chi connectivity index (χ3n) is 4.44. The van der Waals surface area contributed by atoms with Crippen molar-refractivity contribution < 1.29 is 4.79 Å². The predicted octanol–water partition coefficient (Wildman–Crippen LogP) is 3.77. The summed E-state index contributed by atoms with van der Waals surface area (Å²) in [7, 11) is 0. The van der Waals surface area contributed by atoms with Crippen LogP contribution in [0.2, 0.25) is 0 Å². The monoisotopic (exact) mass is 350 g/mol. The average molecular weight is 350 g/mol. The number of hydrogen-bond donors (Lipinski definition) is 1. The number of aryl methyl sites for hydroxylation is 2. The van der Waals surface area contributed by atoms with E-state index < -0.39 is 0 Å². The number of nitrogens with zero attached hydrogens (tertiary/aromatic N) is 3. The average Bonchev–Trinajstić information content (AvgIpc) is 3.03. The molecule has 0 unspecified atom stereocenters. The Morgan fingerprint density at radius 1 is 1.20 bits per heavy atom. The van der Waals surface area contributed by atoms with E-state index in [2.05, 4.69) is 44.5 Å². The Hall–Kier alpha value is -2.60. The maximum Gasteiger partial charge on any atom is 0.276 e. The third kappa shape index (κ3) is 3.44. The normalized spacial score (nSPS) is 16.3. The quantitative estimate of drug-likeness (QED) is 0.781. The highest BCUT2D eigenvalue weighted by atomic mass is 32.1. The minimum atomic E-state index is -0.240. The summed E-state index contributed by atoms with van der Waals surface area (Å²) in [5, 5.41) is 3.53. The maximum absolute atomic E-state index is 12.3. The van der Waals surface area contributed by atoms with Gasteiger partial charge in [0.1, 0.15) is 11.5 Å². The second-order valence-corrected chi connectivity index (χ2v) is 7.27. The summed E-state index contributed by atoms with van der Waals surface area (Å²) in [6.45, 7) is 1.77. The van der Waals surface area contributed by atoms with E-state index in [0.29, 0.717) is 22.6 Å². The van der Waals surface area contributed by atoms with Crippen LogP contribution >= 0.6 is 11.3 Å². The van der Waals surface area contributed by atoms with Gasteiger partial charge in [0.15, 0.2) is 5.13 Å². The molecule has 5 nitrogen and oxygen atoms in total. The Morgan fingerprint density at radius 2 is 2.04 bits per heavy atom. The number of aromatic nitrogens is 3. The molecule has 4 rings (SSSR count). The number of anilines is 1. The van der Waals surface area contributed by atoms with Gasteiger partial charge < -0.3 is 0 Å². The molecule has 0 fully saturated rings. The Morgan fingerprint density at radius 3 is 2.84 bits per heavy atom. The van der Waals surface area contributed by atoms with Crippen LogP contribution in [0.15, 0.2) is 42.6 Å². The lowest BCUT2D eigenvalue weighted by Gasteiger charge is -2.21. The maximum atomic E-state index is 12.3. The standard InChI is InChI=1S/C19H18N4OS/c1-12-20-10-9-16(21-12)18(24)23-19-22-15-8-7-14(11-17(15)25-19)13-5-3-2-4-6-13/h2-6,9-10,14H,7-8,11H2,1H3,(H,22,23,24)/t14-/m1/s1. The fraction of sp³-hybridized carbons (Fsp3) is 0.263. The topological polar surface area (TPSA) is 67.8 Å². The molecule has 2 aromatic heterocycles. The van der Waals surface area contributed by atoms with Crippen molar-refractivity contribution in [3.05, 3.63) is 70.2 Å². The molecule has 0 saturated carbocycles. The molecule has 0 aliphatic heterocycles. The molecular weight excluding hydrogens is 332 g/mol. The molecule has 1 N–H and O–H groups in total. The van der Waals surface area contributed by atoms with Crippen LogP contribution in [0, 0.1) is 6.92 Å². The van der Waals surface area contributed by atoms with Crippen LogP contribution in [0.4, 0.5) is 5.13 Å². The van der Waals surface area contributed by atoms with Crippen molar-refractivity contribution in [1.29, 1.82) is 0 Å². The summed E-state index contributed by atoms with van der Waals surface area (Å²) in [6.07, 6.45) is 4.63. The molecule has 1 aliphatic rings. The molecule has 1 amide bonds. The molecule has 0 bridgehead atoms. The van der Waals surface area contributed by atoms with Gasteiger partial charge in [-0.05, 0) is 43.7 Å². The Bertz CT molecular complexity index is 907. The summed E-state index contributed by atoms with van der Waals surface area (Å²) >= 11 is 1.57. The van der Waals surface area contributed by atoms with E-state index in [0.717, 1.165) is 25.0 Å². The summed E-state index contributed by atoms with van der Waals surface area (Å²) in [6, 6.07) is 12.2. The number of rotatable bonds is 3. The number of amides is 1. The van der Waals surface area contributed by atoms with Crippen LogP contribution < -0.4 is 5.32 Å². The van der Waals surface area contributed by atoms with E-state index in [-0.39, 0.29) is 5.91 Å². The van der Waals surface area contributed by atoms with Crippen molar-refractivity contribution >= 4 is 22.4 Å². The number of nitrogens with one attached hydrogen (secondary N) is 1. The zero-order chi connectivity index (χ0) is 17.2. The molecule has 6 heteroatoms. The number of hydrogen-bond acceptors (Lipinski definition) is 5. The van der Waals surface area contributed by atoms with Crippen LogP contribution in [-0.4, -0.2) is 20.9 Å². The highest BCUT2D eigenvalue weighted by Crippen LogP contribution is 2.36. The molecule has 1 aromatic carbocycles. The minimum absolute atomic E-state index is 0.240. The summed E-state index contributed by atoms with van der Waals surface area (Å²) < 4.78 is 0. The first-order valence-electron chi connectivity index (χ1n) is 8.33. The number of carbonyl (C=O) groups excluding carboxylic acids is 1. The molecule has 25 heavy (non-hydrogen) atoms. The van der Waals surface area contributed by atoms with Gasteiger partial charge in [-0.25, -0.2) is 15.0 Å². The van der Waals surface area contributed by atoms with Gasteiger partial charge in [0.25, 0.3) is 5.91 Å². The summed E-state index contributed by atoms with van der Waals surface area (Å²) in [4.78, 5) is 26.4. The third-order valence-corrected chi connectivity index (χ3v) is 5.48. The summed E-state index contributed by atoms with van der Waals surface area (Å²) in [5.74, 6) is 0.871. The van der Waals surface area contributed by atoms with Crippen LogP contribution in [0.1, 0.15) is 44.8 Å². The second kappa shape index (κ2) is 6.72. The first kappa shape index (κ1) is 15.9. The Labute approximate surface area is 150 Å². The smallest absolute Gasteiger partial charge is 0.276 e. The predicted molar refractivity (Wildman–Crippen MR) is 98.0 cm³/mol. The molecule has 0 radical (unpaired) electrons. The number of carbonyl (C=O) groups is 1. The van der Waals surface area contributed by atoms with Crippen LogP contribution in [-0.2, 0) is 12.8 Å². The summed E-state index contributed by atoms with van der Waals surface area (Å²) in [5.41, 5.74) is 2.86. The molecule has 2 heterocycles. The van der Waals surface area contributed by atoms with Gasteiger partial charge in [0, 0.05) is 11.1 Å². The van der Waals surface area contributed by atoms with Gasteiger partial charge in [-0.3, -0.25) is 10.1 Å². The van der Waals surface area contributed by atoms with Gasteiger partial charge >= 0.3 is 0 Å². The van der Waals surface area contributed by atoms with E-state index >= 15 is 0 Å². The highest BCUT2D eigenvalue weighted by Gasteiger charge is 2.24. The van der Waals surface area contributed by atoms with E-state index in [1.807, 2.05) is 6.07 Å². The van der Waals surface area contributed by atoms with Crippen molar-refractivity contribution in [2.45, 2.75) is 32.1 Å². The van der Waals surface area contributed by atoms with Crippen LogP contribution in [0.3, 0.4) is 0 Å². The fourth-order valence-electron chi connectivity index (χ4n) is 3.18. The van der Waals surface area contributed by atoms with Crippen molar-refractivity contribution in [3.63, 3.8) is 0 Å². The number of benzene rings is 1. The first-order valence-corrected chi connectivity index (χ1v) is 9.15. The van der Waals surface area contributed by atoms with Gasteiger partial charge in [-0.2, -0.15) is 0 Å². The van der Waals surface area contributed by atoms with Gasteiger partial charge in [-0.15, -0.1) is 11.3 Å². The number of fused-ring (bicyclic) bond motifs is 1.